The number of pyridine rings is 1. The van der Waals surface area contributed by atoms with Crippen molar-refractivity contribution in [2.45, 2.75) is 19.4 Å². The first-order valence-electron chi connectivity index (χ1n) is 7.29. The Morgan fingerprint density at radius 3 is 2.35 bits per heavy atom. The SMILES string of the molecule is O=C(NCc1ccccn1)c1ccc(N2C(=O)CCC2=O)cc1. The number of carbonyl (C=O) groups excluding carboxylic acids is 3. The Labute approximate surface area is 133 Å². The van der Waals surface area contributed by atoms with Gasteiger partial charge in [-0.05, 0) is 36.4 Å². The molecule has 0 bridgehead atoms. The lowest BCUT2D eigenvalue weighted by Gasteiger charge is -2.14. The van der Waals surface area contributed by atoms with Crippen LogP contribution in [0.25, 0.3) is 0 Å². The molecule has 0 saturated carbocycles. The Hall–Kier alpha value is -3.02. The predicted molar refractivity (Wildman–Crippen MR) is 83.6 cm³/mol. The minimum absolute atomic E-state index is 0.206. The van der Waals surface area contributed by atoms with Gasteiger partial charge in [0.05, 0.1) is 17.9 Å². The zero-order valence-corrected chi connectivity index (χ0v) is 12.4. The van der Waals surface area contributed by atoms with E-state index in [0.29, 0.717) is 17.8 Å². The number of amides is 3. The van der Waals surface area contributed by atoms with Crippen LogP contribution in [0.2, 0.25) is 0 Å². The highest BCUT2D eigenvalue weighted by molar-refractivity contribution is 6.19. The maximum atomic E-state index is 12.1. The number of benzene rings is 1. The average molecular weight is 309 g/mol. The second-order valence-electron chi connectivity index (χ2n) is 5.17. The molecule has 0 radical (unpaired) electrons. The number of nitrogens with one attached hydrogen (secondary N) is 1. The van der Waals surface area contributed by atoms with Crippen LogP contribution in [-0.2, 0) is 16.1 Å². The first-order valence-corrected chi connectivity index (χ1v) is 7.29. The summed E-state index contributed by atoms with van der Waals surface area (Å²) in [5, 5.41) is 2.77. The van der Waals surface area contributed by atoms with Crippen molar-refractivity contribution in [2.24, 2.45) is 0 Å². The van der Waals surface area contributed by atoms with Crippen LogP contribution in [0.3, 0.4) is 0 Å². The lowest BCUT2D eigenvalue weighted by atomic mass is 10.2. The average Bonchev–Trinajstić information content (AvgIpc) is 2.92. The predicted octanol–water partition coefficient (Wildman–Crippen LogP) is 1.67. The Morgan fingerprint density at radius 2 is 1.74 bits per heavy atom. The van der Waals surface area contributed by atoms with Crippen molar-refractivity contribution >= 4 is 23.4 Å². The number of aromatic nitrogens is 1. The molecule has 0 atom stereocenters. The molecule has 1 aliphatic rings. The number of nitrogens with zero attached hydrogens (tertiary/aromatic N) is 2. The van der Waals surface area contributed by atoms with E-state index >= 15 is 0 Å². The van der Waals surface area contributed by atoms with E-state index in [9.17, 15) is 14.4 Å². The summed E-state index contributed by atoms with van der Waals surface area (Å²) < 4.78 is 0. The van der Waals surface area contributed by atoms with Crippen molar-refractivity contribution in [2.75, 3.05) is 4.90 Å². The molecular weight excluding hydrogens is 294 g/mol. The quantitative estimate of drug-likeness (QED) is 0.871. The molecule has 1 N–H and O–H groups in total. The normalized spacial score (nSPS) is 14.2. The molecule has 0 spiro atoms. The number of rotatable bonds is 4. The van der Waals surface area contributed by atoms with Crippen molar-refractivity contribution in [3.8, 4) is 0 Å². The molecule has 6 heteroatoms. The number of carbonyl (C=O) groups is 3. The van der Waals surface area contributed by atoms with E-state index < -0.39 is 0 Å². The van der Waals surface area contributed by atoms with Crippen LogP contribution in [0, 0.1) is 0 Å². The van der Waals surface area contributed by atoms with E-state index in [1.807, 2.05) is 18.2 Å². The van der Waals surface area contributed by atoms with Gasteiger partial charge >= 0.3 is 0 Å². The molecule has 3 amide bonds. The molecule has 1 aromatic heterocycles. The highest BCUT2D eigenvalue weighted by atomic mass is 16.2. The monoisotopic (exact) mass is 309 g/mol. The van der Waals surface area contributed by atoms with Gasteiger partial charge < -0.3 is 5.32 Å². The summed E-state index contributed by atoms with van der Waals surface area (Å²) in [4.78, 5) is 40.8. The standard InChI is InChI=1S/C17H15N3O3/c21-15-8-9-16(22)20(15)14-6-4-12(5-7-14)17(23)19-11-13-3-1-2-10-18-13/h1-7,10H,8-9,11H2,(H,19,23). The van der Waals surface area contributed by atoms with Crippen molar-refractivity contribution < 1.29 is 14.4 Å². The van der Waals surface area contributed by atoms with Crippen molar-refractivity contribution in [3.63, 3.8) is 0 Å². The third-order valence-corrected chi connectivity index (χ3v) is 3.60. The molecule has 3 rings (SSSR count). The van der Waals surface area contributed by atoms with Crippen LogP contribution < -0.4 is 10.2 Å². The van der Waals surface area contributed by atoms with Crippen LogP contribution in [0.15, 0.2) is 48.7 Å². The van der Waals surface area contributed by atoms with Crippen molar-refractivity contribution in [1.29, 1.82) is 0 Å². The zero-order chi connectivity index (χ0) is 16.2. The van der Waals surface area contributed by atoms with E-state index in [0.717, 1.165) is 10.6 Å². The lowest BCUT2D eigenvalue weighted by molar-refractivity contribution is -0.121. The van der Waals surface area contributed by atoms with Crippen LogP contribution >= 0.6 is 0 Å². The molecule has 1 aromatic carbocycles. The van der Waals surface area contributed by atoms with Crippen molar-refractivity contribution in [1.82, 2.24) is 10.3 Å². The molecular formula is C17H15N3O3. The summed E-state index contributed by atoms with van der Waals surface area (Å²) in [6.45, 7) is 0.338. The Bertz CT molecular complexity index is 725. The van der Waals surface area contributed by atoms with E-state index in [1.54, 1.807) is 30.5 Å². The van der Waals surface area contributed by atoms with Gasteiger partial charge in [0.15, 0.2) is 0 Å². The fraction of sp³-hybridized carbons (Fsp3) is 0.176. The molecule has 0 unspecified atom stereocenters. The van der Waals surface area contributed by atoms with E-state index in [1.165, 1.54) is 0 Å². The van der Waals surface area contributed by atoms with Gasteiger partial charge in [-0.2, -0.15) is 0 Å². The molecule has 2 heterocycles. The molecule has 1 saturated heterocycles. The van der Waals surface area contributed by atoms with Crippen LogP contribution in [0.1, 0.15) is 28.9 Å². The molecule has 2 aromatic rings. The summed E-state index contributed by atoms with van der Waals surface area (Å²) in [5.41, 5.74) is 1.73. The second-order valence-corrected chi connectivity index (χ2v) is 5.17. The Balaban J connectivity index is 1.66. The Morgan fingerprint density at radius 1 is 1.04 bits per heavy atom. The van der Waals surface area contributed by atoms with Gasteiger partial charge in [0.2, 0.25) is 11.8 Å². The van der Waals surface area contributed by atoms with Crippen LogP contribution in [-0.4, -0.2) is 22.7 Å². The van der Waals surface area contributed by atoms with Gasteiger partial charge in [-0.25, -0.2) is 0 Å². The van der Waals surface area contributed by atoms with Crippen molar-refractivity contribution in [3.05, 3.63) is 59.9 Å². The largest absolute Gasteiger partial charge is 0.346 e. The van der Waals surface area contributed by atoms with Crippen LogP contribution in [0.4, 0.5) is 5.69 Å². The molecule has 1 aliphatic heterocycles. The number of anilines is 1. The maximum Gasteiger partial charge on any atom is 0.251 e. The second kappa shape index (κ2) is 6.39. The van der Waals surface area contributed by atoms with Crippen LogP contribution in [0.5, 0.6) is 0 Å². The summed E-state index contributed by atoms with van der Waals surface area (Å²) in [6.07, 6.45) is 2.15. The molecule has 116 valence electrons. The molecule has 6 nitrogen and oxygen atoms in total. The van der Waals surface area contributed by atoms with Gasteiger partial charge in [-0.3, -0.25) is 24.3 Å². The summed E-state index contributed by atoms with van der Waals surface area (Å²) in [6, 6.07) is 11.9. The van der Waals surface area contributed by atoms with Gasteiger partial charge in [0.1, 0.15) is 0 Å². The summed E-state index contributed by atoms with van der Waals surface area (Å²) >= 11 is 0. The number of imide groups is 1. The third-order valence-electron chi connectivity index (χ3n) is 3.60. The number of hydrogen-bond donors (Lipinski definition) is 1. The third kappa shape index (κ3) is 3.26. The lowest BCUT2D eigenvalue weighted by Crippen LogP contribution is -2.28. The van der Waals surface area contributed by atoms with E-state index in [2.05, 4.69) is 10.3 Å². The highest BCUT2D eigenvalue weighted by Crippen LogP contribution is 2.22. The van der Waals surface area contributed by atoms with E-state index in [4.69, 9.17) is 0 Å². The highest BCUT2D eigenvalue weighted by Gasteiger charge is 2.30. The molecule has 0 aliphatic carbocycles. The molecule has 23 heavy (non-hydrogen) atoms. The van der Waals surface area contributed by atoms with Gasteiger partial charge in [-0.15, -0.1) is 0 Å². The Kier molecular flexibility index (Phi) is 4.14. The fourth-order valence-corrected chi connectivity index (χ4v) is 2.40. The van der Waals surface area contributed by atoms with Gasteiger partial charge in [0, 0.05) is 24.6 Å². The first-order chi connectivity index (χ1) is 11.1. The fourth-order valence-electron chi connectivity index (χ4n) is 2.40. The zero-order valence-electron chi connectivity index (χ0n) is 12.4. The maximum absolute atomic E-state index is 12.1. The van der Waals surface area contributed by atoms with Gasteiger partial charge in [-0.1, -0.05) is 6.07 Å². The first kappa shape index (κ1) is 14.9. The number of hydrogen-bond acceptors (Lipinski definition) is 4. The van der Waals surface area contributed by atoms with E-state index in [-0.39, 0.29) is 30.6 Å². The topological polar surface area (TPSA) is 79.4 Å². The smallest absolute Gasteiger partial charge is 0.251 e. The minimum Gasteiger partial charge on any atom is -0.346 e. The minimum atomic E-state index is -0.235. The summed E-state index contributed by atoms with van der Waals surface area (Å²) in [5.74, 6) is -0.647. The summed E-state index contributed by atoms with van der Waals surface area (Å²) in [7, 11) is 0. The van der Waals surface area contributed by atoms with Gasteiger partial charge in [0.25, 0.3) is 5.91 Å². The molecule has 1 fully saturated rings.